The molecule has 1 aliphatic carbocycles. The second kappa shape index (κ2) is 7.31. The molecule has 0 aromatic carbocycles. The van der Waals surface area contributed by atoms with Crippen LogP contribution in [0.3, 0.4) is 0 Å². The van der Waals surface area contributed by atoms with Crippen LogP contribution in [-0.2, 0) is 21.4 Å². The molecule has 9 nitrogen and oxygen atoms in total. The van der Waals surface area contributed by atoms with Gasteiger partial charge in [-0.05, 0) is 44.2 Å². The predicted octanol–water partition coefficient (Wildman–Crippen LogP) is 2.60. The Labute approximate surface area is 179 Å². The summed E-state index contributed by atoms with van der Waals surface area (Å²) in [7, 11) is -3.64. The zero-order valence-corrected chi connectivity index (χ0v) is 18.8. The molecule has 0 bridgehead atoms. The van der Waals surface area contributed by atoms with Crippen molar-refractivity contribution in [1.82, 2.24) is 14.9 Å². The van der Waals surface area contributed by atoms with E-state index in [4.69, 9.17) is 0 Å². The number of carbonyl (C=O) groups is 2. The fourth-order valence-electron chi connectivity index (χ4n) is 3.73. The number of aromatic nitrogens is 2. The van der Waals surface area contributed by atoms with Crippen LogP contribution >= 0.6 is 11.3 Å². The van der Waals surface area contributed by atoms with E-state index in [1.54, 1.807) is 11.8 Å². The van der Waals surface area contributed by atoms with Crippen molar-refractivity contribution in [3.05, 3.63) is 22.9 Å². The Hall–Kier alpha value is -2.53. The smallest absolute Gasteiger partial charge is 0.258 e. The van der Waals surface area contributed by atoms with Crippen LogP contribution < -0.4 is 10.0 Å². The Morgan fingerprint density at radius 1 is 1.33 bits per heavy atom. The number of fused-ring (bicyclic) bond motifs is 1. The van der Waals surface area contributed by atoms with Crippen LogP contribution in [0.4, 0.5) is 10.9 Å². The maximum Gasteiger partial charge on any atom is 0.258 e. The molecule has 1 atom stereocenters. The highest BCUT2D eigenvalue weighted by atomic mass is 32.2. The summed E-state index contributed by atoms with van der Waals surface area (Å²) in [5, 5.41) is 3.10. The molecule has 30 heavy (non-hydrogen) atoms. The Kier molecular flexibility index (Phi) is 5.05. The summed E-state index contributed by atoms with van der Waals surface area (Å²) in [5.74, 6) is 0.0989. The van der Waals surface area contributed by atoms with E-state index in [1.807, 2.05) is 13.0 Å². The van der Waals surface area contributed by atoms with Gasteiger partial charge in [-0.25, -0.2) is 18.4 Å². The lowest BCUT2D eigenvalue weighted by molar-refractivity contribution is -0.114. The lowest BCUT2D eigenvalue weighted by Crippen LogP contribution is -2.35. The average molecular weight is 450 g/mol. The summed E-state index contributed by atoms with van der Waals surface area (Å²) >= 11 is 1.25. The first-order chi connectivity index (χ1) is 14.0. The summed E-state index contributed by atoms with van der Waals surface area (Å²) in [4.78, 5) is 35.8. The third kappa shape index (κ3) is 4.04. The summed E-state index contributed by atoms with van der Waals surface area (Å²) in [6.45, 7) is 5.64. The first-order valence-corrected chi connectivity index (χ1v) is 12.3. The number of thiazole rings is 1. The maximum atomic E-state index is 13.1. The Balaban J connectivity index is 1.79. The SMILES string of the molecule is CC(=O)Nc1nc(C)c(-c2cc3c(c(NS(C)(=O)=O)n2)C(=O)N(C(C)C2CC2)C3)s1. The minimum absolute atomic E-state index is 0.0365. The van der Waals surface area contributed by atoms with Crippen LogP contribution in [0.1, 0.15) is 48.3 Å². The number of amides is 2. The summed E-state index contributed by atoms with van der Waals surface area (Å²) < 4.78 is 26.3. The van der Waals surface area contributed by atoms with Crippen LogP contribution in [0.25, 0.3) is 10.6 Å². The Morgan fingerprint density at radius 3 is 2.63 bits per heavy atom. The molecular formula is C19H23N5O4S2. The molecule has 2 aromatic rings. The topological polar surface area (TPSA) is 121 Å². The predicted molar refractivity (Wildman–Crippen MR) is 115 cm³/mol. The van der Waals surface area contributed by atoms with Gasteiger partial charge in [-0.1, -0.05) is 11.3 Å². The first kappa shape index (κ1) is 20.7. The number of rotatable bonds is 6. The quantitative estimate of drug-likeness (QED) is 0.699. The molecule has 3 heterocycles. The summed E-state index contributed by atoms with van der Waals surface area (Å²) in [6, 6.07) is 1.91. The third-order valence-electron chi connectivity index (χ3n) is 5.31. The number of aryl methyl sites for hydroxylation is 1. The molecule has 1 unspecified atom stereocenters. The van der Waals surface area contributed by atoms with Crippen molar-refractivity contribution in [2.45, 2.75) is 46.2 Å². The van der Waals surface area contributed by atoms with E-state index in [-0.39, 0.29) is 23.7 Å². The number of anilines is 2. The molecule has 2 aliphatic rings. The van der Waals surface area contributed by atoms with Crippen LogP contribution in [0.5, 0.6) is 0 Å². The average Bonchev–Trinajstić information content (AvgIpc) is 3.33. The van der Waals surface area contributed by atoms with Gasteiger partial charge in [0.15, 0.2) is 10.9 Å². The molecular weight excluding hydrogens is 426 g/mol. The zero-order chi connectivity index (χ0) is 21.8. The van der Waals surface area contributed by atoms with Crippen molar-refractivity contribution in [1.29, 1.82) is 0 Å². The van der Waals surface area contributed by atoms with E-state index in [1.165, 1.54) is 18.3 Å². The first-order valence-electron chi connectivity index (χ1n) is 9.61. The molecule has 2 N–H and O–H groups in total. The van der Waals surface area contributed by atoms with Crippen molar-refractivity contribution in [3.63, 3.8) is 0 Å². The molecule has 2 aromatic heterocycles. The van der Waals surface area contributed by atoms with Gasteiger partial charge in [0.05, 0.1) is 28.1 Å². The standard InChI is InChI=1S/C19H23N5O4S2/c1-9-16(29-19(20-9)21-11(3)25)14-7-13-8-24(10(2)12-5-6-12)18(26)15(13)17(22-14)23-30(4,27)28/h7,10,12H,5-6,8H2,1-4H3,(H,22,23)(H,20,21,25). The lowest BCUT2D eigenvalue weighted by atomic mass is 10.1. The van der Waals surface area contributed by atoms with E-state index in [0.29, 0.717) is 39.4 Å². The van der Waals surface area contributed by atoms with Crippen LogP contribution in [0.15, 0.2) is 6.07 Å². The second-order valence-electron chi connectivity index (χ2n) is 7.89. The van der Waals surface area contributed by atoms with Gasteiger partial charge < -0.3 is 10.2 Å². The zero-order valence-electron chi connectivity index (χ0n) is 17.1. The van der Waals surface area contributed by atoms with Crippen molar-refractivity contribution < 1.29 is 18.0 Å². The number of sulfonamides is 1. The number of nitrogens with zero attached hydrogens (tertiary/aromatic N) is 3. The highest BCUT2D eigenvalue weighted by Crippen LogP contribution is 2.41. The number of carbonyl (C=O) groups excluding carboxylic acids is 2. The van der Waals surface area contributed by atoms with Gasteiger partial charge >= 0.3 is 0 Å². The van der Waals surface area contributed by atoms with Gasteiger partial charge in [-0.3, -0.25) is 14.3 Å². The summed E-state index contributed by atoms with van der Waals surface area (Å²) in [6.07, 6.45) is 3.24. The molecule has 2 amide bonds. The highest BCUT2D eigenvalue weighted by molar-refractivity contribution is 7.92. The van der Waals surface area contributed by atoms with E-state index in [0.717, 1.165) is 24.7 Å². The minimum Gasteiger partial charge on any atom is -0.331 e. The molecule has 0 radical (unpaired) electrons. The second-order valence-corrected chi connectivity index (χ2v) is 10.6. The maximum absolute atomic E-state index is 13.1. The van der Waals surface area contributed by atoms with Crippen molar-refractivity contribution >= 4 is 44.1 Å². The van der Waals surface area contributed by atoms with Gasteiger partial charge in [0, 0.05) is 19.5 Å². The van der Waals surface area contributed by atoms with Crippen LogP contribution in [-0.4, -0.2) is 47.4 Å². The minimum atomic E-state index is -3.64. The summed E-state index contributed by atoms with van der Waals surface area (Å²) in [5.41, 5.74) is 2.22. The van der Waals surface area contributed by atoms with Gasteiger partial charge in [0.2, 0.25) is 15.9 Å². The normalized spacial score (nSPS) is 17.1. The Morgan fingerprint density at radius 2 is 2.03 bits per heavy atom. The highest BCUT2D eigenvalue weighted by Gasteiger charge is 2.40. The van der Waals surface area contributed by atoms with Crippen molar-refractivity contribution in [3.8, 4) is 10.6 Å². The number of pyridine rings is 1. The number of hydrogen-bond donors (Lipinski definition) is 2. The largest absolute Gasteiger partial charge is 0.331 e. The molecule has 4 rings (SSSR count). The van der Waals surface area contributed by atoms with E-state index in [9.17, 15) is 18.0 Å². The lowest BCUT2D eigenvalue weighted by Gasteiger charge is -2.24. The van der Waals surface area contributed by atoms with Crippen LogP contribution in [0, 0.1) is 12.8 Å². The van der Waals surface area contributed by atoms with E-state index in [2.05, 4.69) is 20.0 Å². The molecule has 0 spiro atoms. The van der Waals surface area contributed by atoms with Crippen molar-refractivity contribution in [2.24, 2.45) is 5.92 Å². The number of hydrogen-bond acceptors (Lipinski definition) is 7. The molecule has 1 saturated carbocycles. The fraction of sp³-hybridized carbons (Fsp3) is 0.474. The van der Waals surface area contributed by atoms with Crippen molar-refractivity contribution in [2.75, 3.05) is 16.3 Å². The molecule has 1 fully saturated rings. The van der Waals surface area contributed by atoms with E-state index >= 15 is 0 Å². The van der Waals surface area contributed by atoms with Crippen LogP contribution in [0.2, 0.25) is 0 Å². The third-order valence-corrected chi connectivity index (χ3v) is 6.97. The van der Waals surface area contributed by atoms with E-state index < -0.39 is 10.0 Å². The van der Waals surface area contributed by atoms with Gasteiger partial charge in [0.25, 0.3) is 5.91 Å². The van der Waals surface area contributed by atoms with Gasteiger partial charge in [-0.15, -0.1) is 0 Å². The number of nitrogens with one attached hydrogen (secondary N) is 2. The van der Waals surface area contributed by atoms with Gasteiger partial charge in [0.1, 0.15) is 0 Å². The molecule has 160 valence electrons. The Bertz CT molecular complexity index is 1150. The fourth-order valence-corrected chi connectivity index (χ4v) is 5.20. The molecule has 0 saturated heterocycles. The molecule has 11 heteroatoms. The molecule has 1 aliphatic heterocycles. The monoisotopic (exact) mass is 449 g/mol. The van der Waals surface area contributed by atoms with Gasteiger partial charge in [-0.2, -0.15) is 0 Å².